The van der Waals surface area contributed by atoms with Gasteiger partial charge in [0, 0.05) is 12.8 Å². The first-order chi connectivity index (χ1) is 15.2. The minimum atomic E-state index is -0.335. The number of esters is 2. The molecule has 0 spiro atoms. The first-order valence-electron chi connectivity index (χ1n) is 11.7. The molecule has 0 saturated heterocycles. The average molecular weight is 425 g/mol. The monoisotopic (exact) mass is 424 g/mol. The van der Waals surface area contributed by atoms with E-state index in [2.05, 4.69) is 13.0 Å². The molecule has 168 valence electrons. The molecule has 0 atom stereocenters. The van der Waals surface area contributed by atoms with Crippen LogP contribution in [0.1, 0.15) is 77.6 Å². The van der Waals surface area contributed by atoms with Crippen LogP contribution in [-0.2, 0) is 14.3 Å². The van der Waals surface area contributed by atoms with E-state index in [4.69, 9.17) is 9.47 Å². The second-order valence-corrected chi connectivity index (χ2v) is 7.90. The highest BCUT2D eigenvalue weighted by atomic mass is 16.5. The second-order valence-electron chi connectivity index (χ2n) is 7.90. The molecule has 0 unspecified atom stereocenters. The molecule has 2 aromatic rings. The molecule has 0 saturated carbocycles. The predicted molar refractivity (Wildman–Crippen MR) is 126 cm³/mol. The maximum atomic E-state index is 12.0. The highest BCUT2D eigenvalue weighted by Gasteiger charge is 2.08. The maximum Gasteiger partial charge on any atom is 0.311 e. The first-order valence-corrected chi connectivity index (χ1v) is 11.7. The van der Waals surface area contributed by atoms with Crippen molar-refractivity contribution >= 4 is 22.7 Å². The average Bonchev–Trinajstić information content (AvgIpc) is 2.77. The molecule has 0 aliphatic heterocycles. The molecule has 0 radical (unpaired) electrons. The number of allylic oxidation sites excluding steroid dienone is 1. The van der Waals surface area contributed by atoms with E-state index in [1.54, 1.807) is 6.07 Å². The van der Waals surface area contributed by atoms with Crippen molar-refractivity contribution in [1.82, 2.24) is 0 Å². The SMILES string of the molecule is CCCCCCCCC/C=C/COC(=O)CCCC(=O)Oc1ccc2ccccc2c1. The Morgan fingerprint density at radius 2 is 1.48 bits per heavy atom. The molecular weight excluding hydrogens is 388 g/mol. The van der Waals surface area contributed by atoms with Crippen molar-refractivity contribution in [2.24, 2.45) is 0 Å². The van der Waals surface area contributed by atoms with Crippen molar-refractivity contribution < 1.29 is 19.1 Å². The highest BCUT2D eigenvalue weighted by Crippen LogP contribution is 2.21. The Bertz CT molecular complexity index is 825. The number of hydrogen-bond donors (Lipinski definition) is 0. The summed E-state index contributed by atoms with van der Waals surface area (Å²) in [6, 6.07) is 13.5. The minimum Gasteiger partial charge on any atom is -0.461 e. The van der Waals surface area contributed by atoms with Crippen LogP contribution >= 0.6 is 0 Å². The molecule has 0 bridgehead atoms. The Labute approximate surface area is 186 Å². The van der Waals surface area contributed by atoms with E-state index < -0.39 is 0 Å². The number of unbranched alkanes of at least 4 members (excludes halogenated alkanes) is 7. The van der Waals surface area contributed by atoms with Crippen LogP contribution in [-0.4, -0.2) is 18.5 Å². The van der Waals surface area contributed by atoms with Crippen LogP contribution in [0.15, 0.2) is 54.6 Å². The van der Waals surface area contributed by atoms with Crippen LogP contribution in [0, 0.1) is 0 Å². The summed E-state index contributed by atoms with van der Waals surface area (Å²) in [7, 11) is 0. The molecule has 0 heterocycles. The first kappa shape index (κ1) is 24.6. The van der Waals surface area contributed by atoms with E-state index >= 15 is 0 Å². The minimum absolute atomic E-state index is 0.190. The standard InChI is InChI=1S/C27H36O4/c1-2-3-4-5-6-7-8-9-10-13-21-30-26(28)17-14-18-27(29)31-25-20-19-23-15-11-12-16-24(23)22-25/h10-13,15-16,19-20,22H,2-9,14,17-18,21H2,1H3/b13-10+. The fourth-order valence-corrected chi connectivity index (χ4v) is 3.41. The summed E-state index contributed by atoms with van der Waals surface area (Å²) in [4.78, 5) is 23.8. The number of benzene rings is 2. The summed E-state index contributed by atoms with van der Waals surface area (Å²) in [5, 5.41) is 2.12. The van der Waals surface area contributed by atoms with Crippen molar-refractivity contribution in [2.75, 3.05) is 6.61 Å². The Balaban J connectivity index is 1.50. The predicted octanol–water partition coefficient (Wildman–Crippen LogP) is 7.16. The number of carbonyl (C=O) groups is 2. The lowest BCUT2D eigenvalue weighted by atomic mass is 10.1. The van der Waals surface area contributed by atoms with Gasteiger partial charge in [0.1, 0.15) is 12.4 Å². The van der Waals surface area contributed by atoms with Gasteiger partial charge in [-0.3, -0.25) is 9.59 Å². The summed E-state index contributed by atoms with van der Waals surface area (Å²) >= 11 is 0. The van der Waals surface area contributed by atoms with Crippen LogP contribution in [0.5, 0.6) is 5.75 Å². The zero-order chi connectivity index (χ0) is 22.2. The van der Waals surface area contributed by atoms with E-state index in [1.165, 1.54) is 44.9 Å². The van der Waals surface area contributed by atoms with Gasteiger partial charge in [0.15, 0.2) is 0 Å². The van der Waals surface area contributed by atoms with Crippen LogP contribution in [0.2, 0.25) is 0 Å². The van der Waals surface area contributed by atoms with Gasteiger partial charge in [-0.15, -0.1) is 0 Å². The van der Waals surface area contributed by atoms with Crippen molar-refractivity contribution in [1.29, 1.82) is 0 Å². The van der Waals surface area contributed by atoms with Gasteiger partial charge in [-0.05, 0) is 42.2 Å². The highest BCUT2D eigenvalue weighted by molar-refractivity contribution is 5.84. The number of fused-ring (bicyclic) bond motifs is 1. The molecule has 31 heavy (non-hydrogen) atoms. The quantitative estimate of drug-likeness (QED) is 0.132. The van der Waals surface area contributed by atoms with Gasteiger partial charge < -0.3 is 9.47 Å². The van der Waals surface area contributed by atoms with E-state index in [0.29, 0.717) is 18.8 Å². The largest absolute Gasteiger partial charge is 0.461 e. The third-order valence-corrected chi connectivity index (χ3v) is 5.20. The van der Waals surface area contributed by atoms with Gasteiger partial charge in [0.2, 0.25) is 0 Å². The summed E-state index contributed by atoms with van der Waals surface area (Å²) in [5.74, 6) is -0.0888. The van der Waals surface area contributed by atoms with Crippen molar-refractivity contribution in [3.8, 4) is 5.75 Å². The lowest BCUT2D eigenvalue weighted by molar-refractivity contribution is -0.142. The summed E-state index contributed by atoms with van der Waals surface area (Å²) in [5.41, 5.74) is 0. The third-order valence-electron chi connectivity index (χ3n) is 5.20. The zero-order valence-corrected chi connectivity index (χ0v) is 18.8. The van der Waals surface area contributed by atoms with Crippen LogP contribution in [0.4, 0.5) is 0 Å². The summed E-state index contributed by atoms with van der Waals surface area (Å²) in [6.45, 7) is 2.54. The molecule has 0 aromatic heterocycles. The number of carbonyl (C=O) groups excluding carboxylic acids is 2. The van der Waals surface area contributed by atoms with Gasteiger partial charge >= 0.3 is 11.9 Å². The van der Waals surface area contributed by atoms with E-state index in [0.717, 1.165) is 17.2 Å². The lowest BCUT2D eigenvalue weighted by Crippen LogP contribution is -2.10. The molecule has 4 heteroatoms. The van der Waals surface area contributed by atoms with Gasteiger partial charge in [-0.1, -0.05) is 87.9 Å². The molecule has 2 rings (SSSR count). The maximum absolute atomic E-state index is 12.0. The van der Waals surface area contributed by atoms with Gasteiger partial charge in [0.25, 0.3) is 0 Å². The van der Waals surface area contributed by atoms with Crippen molar-refractivity contribution in [3.05, 3.63) is 54.6 Å². The Kier molecular flexibility index (Phi) is 12.1. The lowest BCUT2D eigenvalue weighted by Gasteiger charge is -2.06. The molecular formula is C27H36O4. The van der Waals surface area contributed by atoms with E-state index in [9.17, 15) is 9.59 Å². The van der Waals surface area contributed by atoms with Crippen LogP contribution < -0.4 is 4.74 Å². The number of ether oxygens (including phenoxy) is 2. The van der Waals surface area contributed by atoms with Crippen LogP contribution in [0.3, 0.4) is 0 Å². The molecule has 0 fully saturated rings. The molecule has 0 amide bonds. The number of rotatable bonds is 15. The fourth-order valence-electron chi connectivity index (χ4n) is 3.41. The Hall–Kier alpha value is -2.62. The van der Waals surface area contributed by atoms with Gasteiger partial charge in [0.05, 0.1) is 0 Å². The topological polar surface area (TPSA) is 52.6 Å². The smallest absolute Gasteiger partial charge is 0.311 e. The summed E-state index contributed by atoms with van der Waals surface area (Å²) < 4.78 is 10.6. The molecule has 2 aromatic carbocycles. The zero-order valence-electron chi connectivity index (χ0n) is 18.8. The second kappa shape index (κ2) is 15.2. The van der Waals surface area contributed by atoms with Gasteiger partial charge in [-0.25, -0.2) is 0 Å². The Morgan fingerprint density at radius 1 is 0.774 bits per heavy atom. The van der Waals surface area contributed by atoms with E-state index in [-0.39, 0.29) is 24.8 Å². The molecule has 0 N–H and O–H groups in total. The fraction of sp³-hybridized carbons (Fsp3) is 0.481. The van der Waals surface area contributed by atoms with Crippen LogP contribution in [0.25, 0.3) is 10.8 Å². The molecule has 0 aliphatic carbocycles. The normalized spacial score (nSPS) is 11.1. The van der Waals surface area contributed by atoms with Gasteiger partial charge in [-0.2, -0.15) is 0 Å². The molecule has 4 nitrogen and oxygen atoms in total. The molecule has 0 aliphatic rings. The summed E-state index contributed by atoms with van der Waals surface area (Å²) in [6.07, 6.45) is 14.9. The van der Waals surface area contributed by atoms with Crippen molar-refractivity contribution in [3.63, 3.8) is 0 Å². The van der Waals surface area contributed by atoms with E-state index in [1.807, 2.05) is 42.5 Å². The third kappa shape index (κ3) is 10.8. The Morgan fingerprint density at radius 3 is 2.29 bits per heavy atom. The van der Waals surface area contributed by atoms with Crippen molar-refractivity contribution in [2.45, 2.75) is 77.6 Å². The number of hydrogen-bond acceptors (Lipinski definition) is 4.